The van der Waals surface area contributed by atoms with Crippen LogP contribution in [0.4, 0.5) is 0 Å². The summed E-state index contributed by atoms with van der Waals surface area (Å²) in [6, 6.07) is 8.49. The van der Waals surface area contributed by atoms with Crippen molar-refractivity contribution in [3.05, 3.63) is 41.1 Å². The van der Waals surface area contributed by atoms with Gasteiger partial charge in [0.1, 0.15) is 0 Å². The fourth-order valence-electron chi connectivity index (χ4n) is 3.25. The molecular formula is C19H25N3O2. The molecule has 5 heteroatoms. The lowest BCUT2D eigenvalue weighted by Crippen LogP contribution is -2.25. The zero-order chi connectivity index (χ0) is 16.9. The van der Waals surface area contributed by atoms with Crippen LogP contribution >= 0.6 is 0 Å². The molecule has 0 saturated heterocycles. The van der Waals surface area contributed by atoms with Crippen molar-refractivity contribution in [3.63, 3.8) is 0 Å². The molecule has 1 aliphatic carbocycles. The minimum absolute atomic E-state index is 0.133. The van der Waals surface area contributed by atoms with Gasteiger partial charge in [-0.3, -0.25) is 9.48 Å². The van der Waals surface area contributed by atoms with Gasteiger partial charge in [0.05, 0.1) is 5.69 Å². The van der Waals surface area contributed by atoms with Gasteiger partial charge in [0.15, 0.2) is 5.69 Å². The highest BCUT2D eigenvalue weighted by Gasteiger charge is 2.15. The zero-order valence-electron chi connectivity index (χ0n) is 14.5. The number of carbonyl (C=O) groups is 1. The second-order valence-corrected chi connectivity index (χ2v) is 6.33. The molecule has 0 saturated carbocycles. The number of hydrogen-bond donors (Lipinski definition) is 1. The summed E-state index contributed by atoms with van der Waals surface area (Å²) in [6.07, 6.45) is 5.67. The number of aryl methyl sites for hydroxylation is 3. The van der Waals surface area contributed by atoms with Crippen molar-refractivity contribution in [2.24, 2.45) is 7.05 Å². The number of fused-ring (bicyclic) bond motifs is 1. The molecule has 128 valence electrons. The van der Waals surface area contributed by atoms with Gasteiger partial charge in [-0.15, -0.1) is 0 Å². The molecule has 1 N–H and O–H groups in total. The average molecular weight is 327 g/mol. The predicted octanol–water partition coefficient (Wildman–Crippen LogP) is 2.73. The molecule has 0 spiro atoms. The second kappa shape index (κ2) is 7.62. The standard InChI is InChI=1S/C19H25N3O2/c1-22-18(13-17(21-22)19(23)20-10-5-11-24-2)16-9-8-14-6-3-4-7-15(14)12-16/h8-9,12-13H,3-7,10-11H2,1-2H3,(H,20,23). The van der Waals surface area contributed by atoms with Crippen molar-refractivity contribution in [2.45, 2.75) is 32.1 Å². The Morgan fingerprint density at radius 2 is 2.04 bits per heavy atom. The highest BCUT2D eigenvalue weighted by Crippen LogP contribution is 2.27. The van der Waals surface area contributed by atoms with Crippen molar-refractivity contribution >= 4 is 5.91 Å². The molecule has 0 fully saturated rings. The van der Waals surface area contributed by atoms with Crippen LogP contribution in [0.5, 0.6) is 0 Å². The van der Waals surface area contributed by atoms with Crippen LogP contribution < -0.4 is 5.32 Å². The summed E-state index contributed by atoms with van der Waals surface area (Å²) in [6.45, 7) is 1.24. The number of amides is 1. The molecule has 1 amide bonds. The zero-order valence-corrected chi connectivity index (χ0v) is 14.5. The normalized spacial score (nSPS) is 13.6. The number of aromatic nitrogens is 2. The highest BCUT2D eigenvalue weighted by atomic mass is 16.5. The van der Waals surface area contributed by atoms with Crippen LogP contribution in [0.25, 0.3) is 11.3 Å². The Balaban J connectivity index is 1.75. The topological polar surface area (TPSA) is 56.1 Å². The number of nitrogens with one attached hydrogen (secondary N) is 1. The molecule has 3 rings (SSSR count). The molecule has 1 aromatic carbocycles. The maximum Gasteiger partial charge on any atom is 0.271 e. The number of nitrogens with zero attached hydrogens (tertiary/aromatic N) is 2. The van der Waals surface area contributed by atoms with Gasteiger partial charge in [-0.2, -0.15) is 5.10 Å². The molecule has 2 aromatic rings. The summed E-state index contributed by atoms with van der Waals surface area (Å²) >= 11 is 0. The van der Waals surface area contributed by atoms with Crippen molar-refractivity contribution in [2.75, 3.05) is 20.3 Å². The van der Waals surface area contributed by atoms with Gasteiger partial charge in [0, 0.05) is 32.9 Å². The Morgan fingerprint density at radius 1 is 1.25 bits per heavy atom. The van der Waals surface area contributed by atoms with Crippen LogP contribution in [0.1, 0.15) is 40.9 Å². The van der Waals surface area contributed by atoms with Gasteiger partial charge in [-0.05, 0) is 55.4 Å². The molecule has 0 aliphatic heterocycles. The third kappa shape index (κ3) is 3.67. The van der Waals surface area contributed by atoms with Crippen molar-refractivity contribution in [1.82, 2.24) is 15.1 Å². The van der Waals surface area contributed by atoms with Gasteiger partial charge in [0.2, 0.25) is 0 Å². The number of methoxy groups -OCH3 is 1. The van der Waals surface area contributed by atoms with E-state index in [-0.39, 0.29) is 5.91 Å². The van der Waals surface area contributed by atoms with Crippen LogP contribution in [0.15, 0.2) is 24.3 Å². The van der Waals surface area contributed by atoms with Crippen LogP contribution in [0.2, 0.25) is 0 Å². The molecule has 0 radical (unpaired) electrons. The van der Waals surface area contributed by atoms with E-state index in [1.54, 1.807) is 11.8 Å². The maximum atomic E-state index is 12.2. The van der Waals surface area contributed by atoms with E-state index in [4.69, 9.17) is 4.74 Å². The Labute approximate surface area is 143 Å². The fourth-order valence-corrected chi connectivity index (χ4v) is 3.25. The minimum Gasteiger partial charge on any atom is -0.385 e. The van der Waals surface area contributed by atoms with Crippen molar-refractivity contribution in [1.29, 1.82) is 0 Å². The van der Waals surface area contributed by atoms with Crippen molar-refractivity contribution < 1.29 is 9.53 Å². The molecule has 0 unspecified atom stereocenters. The van der Waals surface area contributed by atoms with Gasteiger partial charge < -0.3 is 10.1 Å². The lowest BCUT2D eigenvalue weighted by atomic mass is 9.90. The second-order valence-electron chi connectivity index (χ2n) is 6.33. The van der Waals surface area contributed by atoms with E-state index in [1.807, 2.05) is 13.1 Å². The van der Waals surface area contributed by atoms with E-state index >= 15 is 0 Å². The molecule has 0 atom stereocenters. The fraction of sp³-hybridized carbons (Fsp3) is 0.474. The first-order valence-corrected chi connectivity index (χ1v) is 8.62. The smallest absolute Gasteiger partial charge is 0.271 e. The molecule has 0 bridgehead atoms. The summed E-state index contributed by atoms with van der Waals surface area (Å²) in [5.74, 6) is -0.133. The Morgan fingerprint density at radius 3 is 2.83 bits per heavy atom. The van der Waals surface area contributed by atoms with E-state index in [9.17, 15) is 4.79 Å². The minimum atomic E-state index is -0.133. The Hall–Kier alpha value is -2.14. The van der Waals surface area contributed by atoms with Crippen LogP contribution in [0.3, 0.4) is 0 Å². The quantitative estimate of drug-likeness (QED) is 0.830. The lowest BCUT2D eigenvalue weighted by molar-refractivity contribution is 0.0943. The highest BCUT2D eigenvalue weighted by molar-refractivity contribution is 5.93. The van der Waals surface area contributed by atoms with Gasteiger partial charge in [-0.1, -0.05) is 12.1 Å². The first-order chi connectivity index (χ1) is 11.7. The van der Waals surface area contributed by atoms with E-state index < -0.39 is 0 Å². The van der Waals surface area contributed by atoms with Crippen LogP contribution in [-0.2, 0) is 24.6 Å². The SMILES string of the molecule is COCCCNC(=O)c1cc(-c2ccc3c(c2)CCCC3)n(C)n1. The maximum absolute atomic E-state index is 12.2. The predicted molar refractivity (Wildman–Crippen MR) is 94.1 cm³/mol. The molecule has 1 heterocycles. The first-order valence-electron chi connectivity index (χ1n) is 8.62. The van der Waals surface area contributed by atoms with Gasteiger partial charge in [0.25, 0.3) is 5.91 Å². The number of hydrogen-bond acceptors (Lipinski definition) is 3. The number of rotatable bonds is 6. The van der Waals surface area contributed by atoms with Crippen molar-refractivity contribution in [3.8, 4) is 11.3 Å². The van der Waals surface area contributed by atoms with Gasteiger partial charge in [-0.25, -0.2) is 0 Å². The monoisotopic (exact) mass is 327 g/mol. The van der Waals surface area contributed by atoms with E-state index in [0.29, 0.717) is 18.8 Å². The molecule has 24 heavy (non-hydrogen) atoms. The molecular weight excluding hydrogens is 302 g/mol. The Bertz CT molecular complexity index is 721. The number of carbonyl (C=O) groups excluding carboxylic acids is 1. The Kier molecular flexibility index (Phi) is 5.30. The van der Waals surface area contributed by atoms with Crippen LogP contribution in [-0.4, -0.2) is 35.9 Å². The molecule has 1 aromatic heterocycles. The third-order valence-corrected chi connectivity index (χ3v) is 4.57. The summed E-state index contributed by atoms with van der Waals surface area (Å²) < 4.78 is 6.77. The van der Waals surface area contributed by atoms with E-state index in [0.717, 1.165) is 24.1 Å². The van der Waals surface area contributed by atoms with Gasteiger partial charge >= 0.3 is 0 Å². The van der Waals surface area contributed by atoms with E-state index in [2.05, 4.69) is 28.6 Å². The largest absolute Gasteiger partial charge is 0.385 e. The summed E-state index contributed by atoms with van der Waals surface area (Å²) in [5.41, 5.74) is 5.46. The third-order valence-electron chi connectivity index (χ3n) is 4.57. The number of benzene rings is 1. The summed E-state index contributed by atoms with van der Waals surface area (Å²) in [4.78, 5) is 12.2. The summed E-state index contributed by atoms with van der Waals surface area (Å²) in [7, 11) is 3.54. The molecule has 1 aliphatic rings. The van der Waals surface area contributed by atoms with Crippen LogP contribution in [0, 0.1) is 0 Å². The van der Waals surface area contributed by atoms with E-state index in [1.165, 1.54) is 30.4 Å². The summed E-state index contributed by atoms with van der Waals surface area (Å²) in [5, 5.41) is 7.25. The lowest BCUT2D eigenvalue weighted by Gasteiger charge is -2.16. The first kappa shape index (κ1) is 16.7. The number of ether oxygens (including phenoxy) is 1. The molecule has 5 nitrogen and oxygen atoms in total. The average Bonchev–Trinajstić information content (AvgIpc) is 3.00.